The Bertz CT molecular complexity index is 1830. The molecule has 0 unspecified atom stereocenters. The van der Waals surface area contributed by atoms with E-state index in [4.69, 9.17) is 14.2 Å². The molecule has 0 spiro atoms. The number of likely N-dealkylation sites (tertiary alicyclic amines) is 1. The highest BCUT2D eigenvalue weighted by Gasteiger charge is 2.25. The summed E-state index contributed by atoms with van der Waals surface area (Å²) in [5.74, 6) is 1.26. The number of ether oxygens (including phenoxy) is 3. The molecule has 0 saturated carbocycles. The zero-order chi connectivity index (χ0) is 30.6. The van der Waals surface area contributed by atoms with Crippen LogP contribution in [0.15, 0.2) is 79.9 Å². The molecule has 2 aromatic carbocycles. The predicted molar refractivity (Wildman–Crippen MR) is 162 cm³/mol. The molecule has 12 heteroatoms. The number of pyridine rings is 1. The highest BCUT2D eigenvalue weighted by atomic mass is 19.1. The van der Waals surface area contributed by atoms with Crippen LogP contribution in [0.2, 0.25) is 0 Å². The van der Waals surface area contributed by atoms with Gasteiger partial charge >= 0.3 is 0 Å². The summed E-state index contributed by atoms with van der Waals surface area (Å²) in [6.07, 6.45) is 7.51. The lowest BCUT2D eigenvalue weighted by molar-refractivity contribution is -0.128. The number of carbonyl (C=O) groups is 1. The largest absolute Gasteiger partial charge is 0.493 e. The molecule has 224 valence electrons. The number of aryl methyl sites for hydroxylation is 1. The Balaban J connectivity index is 1.20. The van der Waals surface area contributed by atoms with Crippen molar-refractivity contribution in [1.82, 2.24) is 29.6 Å². The minimum atomic E-state index is -0.546. The summed E-state index contributed by atoms with van der Waals surface area (Å²) in [5.41, 5.74) is 2.46. The van der Waals surface area contributed by atoms with E-state index in [-0.39, 0.29) is 23.4 Å². The molecule has 1 aliphatic heterocycles. The van der Waals surface area contributed by atoms with Crippen LogP contribution in [0.5, 0.6) is 23.1 Å². The predicted octanol–water partition coefficient (Wildman–Crippen LogP) is 5.76. The number of nitrogens with one attached hydrogen (secondary N) is 1. The number of halogens is 1. The summed E-state index contributed by atoms with van der Waals surface area (Å²) >= 11 is 0. The number of methoxy groups -OCH3 is 1. The van der Waals surface area contributed by atoms with Crippen LogP contribution < -0.4 is 19.5 Å². The quantitative estimate of drug-likeness (QED) is 0.212. The van der Waals surface area contributed by atoms with E-state index in [0.717, 1.165) is 24.2 Å². The Labute approximate surface area is 252 Å². The van der Waals surface area contributed by atoms with Crippen molar-refractivity contribution in [3.63, 3.8) is 0 Å². The highest BCUT2D eigenvalue weighted by Crippen LogP contribution is 2.37. The van der Waals surface area contributed by atoms with Gasteiger partial charge < -0.3 is 24.4 Å². The van der Waals surface area contributed by atoms with Crippen LogP contribution >= 0.6 is 0 Å². The Morgan fingerprint density at radius 1 is 1.11 bits per heavy atom. The number of aromatic nitrogens is 5. The van der Waals surface area contributed by atoms with Gasteiger partial charge in [-0.15, -0.1) is 5.10 Å². The molecular weight excluding hydrogens is 565 g/mol. The number of amides is 1. The fraction of sp³-hybridized carbons (Fsp3) is 0.219. The fourth-order valence-electron chi connectivity index (χ4n) is 4.97. The first-order valence-corrected chi connectivity index (χ1v) is 14.0. The molecule has 44 heavy (non-hydrogen) atoms. The first-order valence-electron chi connectivity index (χ1n) is 14.0. The summed E-state index contributed by atoms with van der Waals surface area (Å²) in [6, 6.07) is 13.5. The lowest BCUT2D eigenvalue weighted by Gasteiger charge is -2.32. The molecule has 0 bridgehead atoms. The number of hydrogen-bond acceptors (Lipinski definition) is 9. The molecule has 1 N–H and O–H groups in total. The lowest BCUT2D eigenvalue weighted by atomic mass is 10.1. The third-order valence-electron chi connectivity index (χ3n) is 7.22. The second-order valence-electron chi connectivity index (χ2n) is 10.2. The van der Waals surface area contributed by atoms with Gasteiger partial charge in [0.2, 0.25) is 11.8 Å². The van der Waals surface area contributed by atoms with Gasteiger partial charge in [0.15, 0.2) is 11.5 Å². The Hall–Kier alpha value is -5.52. The maximum absolute atomic E-state index is 15.3. The van der Waals surface area contributed by atoms with Crippen LogP contribution in [-0.4, -0.2) is 61.8 Å². The second-order valence-corrected chi connectivity index (χ2v) is 10.2. The summed E-state index contributed by atoms with van der Waals surface area (Å²) in [5, 5.41) is 8.07. The van der Waals surface area contributed by atoms with Crippen molar-refractivity contribution >= 4 is 28.3 Å². The number of hydrogen-bond donors (Lipinski definition) is 1. The number of rotatable bonds is 9. The maximum Gasteiger partial charge on any atom is 0.246 e. The summed E-state index contributed by atoms with van der Waals surface area (Å²) in [6.45, 7) is 6.58. The molecule has 0 radical (unpaired) electrons. The molecule has 6 rings (SSSR count). The van der Waals surface area contributed by atoms with Gasteiger partial charge in [0.05, 0.1) is 36.7 Å². The van der Waals surface area contributed by atoms with Crippen LogP contribution in [-0.2, 0) is 4.79 Å². The van der Waals surface area contributed by atoms with Gasteiger partial charge in [-0.25, -0.2) is 19.0 Å². The lowest BCUT2D eigenvalue weighted by Crippen LogP contribution is -2.43. The molecule has 1 aliphatic rings. The average molecular weight is 596 g/mol. The van der Waals surface area contributed by atoms with E-state index < -0.39 is 5.82 Å². The van der Waals surface area contributed by atoms with E-state index in [2.05, 4.69) is 31.9 Å². The molecule has 1 saturated heterocycles. The Morgan fingerprint density at radius 2 is 2.00 bits per heavy atom. The van der Waals surface area contributed by atoms with Gasteiger partial charge in [0, 0.05) is 42.0 Å². The molecule has 1 fully saturated rings. The van der Waals surface area contributed by atoms with Crippen LogP contribution in [0, 0.1) is 12.7 Å². The summed E-state index contributed by atoms with van der Waals surface area (Å²) in [4.78, 5) is 26.9. The molecule has 11 nitrogen and oxygen atoms in total. The average Bonchev–Trinajstić information content (AvgIpc) is 3.50. The molecule has 0 aliphatic carbocycles. The Kier molecular flexibility index (Phi) is 8.04. The normalized spacial score (nSPS) is 14.7. The zero-order valence-electron chi connectivity index (χ0n) is 24.2. The number of anilines is 2. The zero-order valence-corrected chi connectivity index (χ0v) is 24.2. The molecular formula is C32H30FN7O4. The van der Waals surface area contributed by atoms with Gasteiger partial charge in [-0.2, -0.15) is 0 Å². The second kappa shape index (κ2) is 12.4. The van der Waals surface area contributed by atoms with Crippen LogP contribution in [0.1, 0.15) is 18.5 Å². The van der Waals surface area contributed by atoms with E-state index in [9.17, 15) is 4.79 Å². The molecule has 1 atom stereocenters. The van der Waals surface area contributed by atoms with E-state index in [0.29, 0.717) is 47.2 Å². The van der Waals surface area contributed by atoms with Crippen molar-refractivity contribution in [1.29, 1.82) is 0 Å². The monoisotopic (exact) mass is 595 g/mol. The van der Waals surface area contributed by atoms with Crippen molar-refractivity contribution in [3.8, 4) is 28.8 Å². The van der Waals surface area contributed by atoms with Gasteiger partial charge in [-0.3, -0.25) is 9.78 Å². The fourth-order valence-corrected chi connectivity index (χ4v) is 4.97. The van der Waals surface area contributed by atoms with Crippen molar-refractivity contribution in [2.75, 3.05) is 25.5 Å². The molecule has 4 heterocycles. The molecule has 5 aromatic rings. The van der Waals surface area contributed by atoms with Crippen molar-refractivity contribution in [2.45, 2.75) is 25.9 Å². The van der Waals surface area contributed by atoms with Crippen molar-refractivity contribution in [3.05, 3.63) is 91.4 Å². The molecule has 3 aromatic heterocycles. The summed E-state index contributed by atoms with van der Waals surface area (Å²) in [7, 11) is 1.55. The van der Waals surface area contributed by atoms with Crippen LogP contribution in [0.25, 0.3) is 16.6 Å². The number of nitrogens with zero attached hydrogens (tertiary/aromatic N) is 6. The minimum absolute atomic E-state index is 0.128. The van der Waals surface area contributed by atoms with Gasteiger partial charge in [0.1, 0.15) is 29.8 Å². The van der Waals surface area contributed by atoms with Gasteiger partial charge in [-0.05, 0) is 56.2 Å². The minimum Gasteiger partial charge on any atom is -0.493 e. The SMILES string of the molecule is C=CC(=O)N1CCC[C@H](Oc2cc3c(Nc4ccc(Oc5ccn(-c6ccc(C)nc6)n5)cc4F)ncnc3cc2OC)C1. The topological polar surface area (TPSA) is 117 Å². The Morgan fingerprint density at radius 3 is 2.77 bits per heavy atom. The van der Waals surface area contributed by atoms with Crippen LogP contribution in [0.4, 0.5) is 15.9 Å². The van der Waals surface area contributed by atoms with Gasteiger partial charge in [0.25, 0.3) is 0 Å². The molecule has 1 amide bonds. The third-order valence-corrected chi connectivity index (χ3v) is 7.22. The van der Waals surface area contributed by atoms with E-state index in [1.807, 2.05) is 19.1 Å². The van der Waals surface area contributed by atoms with Crippen molar-refractivity contribution in [2.24, 2.45) is 0 Å². The third kappa shape index (κ3) is 6.14. The number of benzene rings is 2. The van der Waals surface area contributed by atoms with E-state index >= 15 is 4.39 Å². The smallest absolute Gasteiger partial charge is 0.246 e. The van der Waals surface area contributed by atoms with Crippen LogP contribution in [0.3, 0.4) is 0 Å². The first kappa shape index (κ1) is 28.6. The maximum atomic E-state index is 15.3. The summed E-state index contributed by atoms with van der Waals surface area (Å²) < 4.78 is 34.6. The number of fused-ring (bicyclic) bond motifs is 1. The van der Waals surface area contributed by atoms with Crippen molar-refractivity contribution < 1.29 is 23.4 Å². The van der Waals surface area contributed by atoms with Gasteiger partial charge in [-0.1, -0.05) is 6.58 Å². The number of carbonyl (C=O) groups excluding carboxylic acids is 1. The highest BCUT2D eigenvalue weighted by molar-refractivity contribution is 5.93. The first-order chi connectivity index (χ1) is 21.4. The van der Waals surface area contributed by atoms with E-state index in [1.54, 1.807) is 59.4 Å². The van der Waals surface area contributed by atoms with E-state index in [1.165, 1.54) is 18.5 Å². The number of piperidine rings is 1. The standard InChI is InChI=1S/C32H30FN7O4/c1-4-31(41)39-12-5-6-23(18-39)43-29-15-24-27(16-28(29)42-3)35-19-36-32(24)37-26-10-9-22(14-25(26)33)44-30-11-13-40(38-30)21-8-7-20(2)34-17-21/h4,7-11,13-17,19,23H,1,5-6,12,18H2,2-3H3,(H,35,36,37)/t23-/m0/s1.